The van der Waals surface area contributed by atoms with E-state index >= 15 is 0 Å². The number of Topliss-reactive ketones (excluding diaryl/α,β-unsaturated/α-hetero) is 1. The van der Waals surface area contributed by atoms with Gasteiger partial charge in [-0.1, -0.05) is 47.6 Å². The molecule has 19 heavy (non-hydrogen) atoms. The van der Waals surface area contributed by atoms with Crippen LogP contribution in [0.2, 0.25) is 16.6 Å². The molecule has 112 valence electrons. The van der Waals surface area contributed by atoms with E-state index in [-0.39, 0.29) is 5.78 Å². The molecule has 4 heteroatoms. The molecule has 0 aliphatic rings. The summed E-state index contributed by atoms with van der Waals surface area (Å²) in [6, 6.07) is 0. The topological polar surface area (TPSA) is 26.3 Å². The van der Waals surface area contributed by atoms with Crippen LogP contribution in [0.15, 0.2) is 9.66 Å². The predicted octanol–water partition coefficient (Wildman–Crippen LogP) is 5.48. The predicted molar refractivity (Wildman–Crippen MR) is 94.4 cm³/mol. The Kier molecular flexibility index (Phi) is 8.71. The Balaban J connectivity index is 4.70. The van der Waals surface area contributed by atoms with Crippen molar-refractivity contribution in [3.05, 3.63) is 9.66 Å². The summed E-state index contributed by atoms with van der Waals surface area (Å²) in [6.45, 7) is 16.1. The highest BCUT2D eigenvalue weighted by atomic mass is 127. The normalized spacial score (nSPS) is 13.7. The quantitative estimate of drug-likeness (QED) is 0.235. The van der Waals surface area contributed by atoms with Crippen molar-refractivity contribution in [3.63, 3.8) is 0 Å². The van der Waals surface area contributed by atoms with E-state index in [9.17, 15) is 4.79 Å². The number of hydrogen-bond acceptors (Lipinski definition) is 2. The van der Waals surface area contributed by atoms with Crippen LogP contribution in [-0.4, -0.2) is 20.7 Å². The fourth-order valence-electron chi connectivity index (χ4n) is 3.07. The summed E-state index contributed by atoms with van der Waals surface area (Å²) >= 11 is 2.10. The Morgan fingerprint density at radius 3 is 1.84 bits per heavy atom. The molecule has 0 bridgehead atoms. The molecule has 0 aliphatic heterocycles. The monoisotopic (exact) mass is 396 g/mol. The van der Waals surface area contributed by atoms with Crippen molar-refractivity contribution >= 4 is 36.7 Å². The Morgan fingerprint density at radius 2 is 1.53 bits per heavy atom. The van der Waals surface area contributed by atoms with Gasteiger partial charge in [-0.15, -0.1) is 0 Å². The first-order valence-electron chi connectivity index (χ1n) is 7.16. The number of carbonyl (C=O) groups excluding carboxylic acids is 1. The minimum atomic E-state index is -1.74. The zero-order valence-electron chi connectivity index (χ0n) is 13.4. The third-order valence-corrected chi connectivity index (χ3v) is 11.2. The molecule has 0 radical (unpaired) electrons. The van der Waals surface area contributed by atoms with Crippen LogP contribution in [0.5, 0.6) is 0 Å². The molecule has 0 saturated heterocycles. The fraction of sp³-hybridized carbons (Fsp3) is 0.800. The van der Waals surface area contributed by atoms with Crippen molar-refractivity contribution in [2.24, 2.45) is 0 Å². The van der Waals surface area contributed by atoms with Crippen molar-refractivity contribution in [1.82, 2.24) is 0 Å². The summed E-state index contributed by atoms with van der Waals surface area (Å²) in [5, 5.41) is 0. The summed E-state index contributed by atoms with van der Waals surface area (Å²) in [4.78, 5) is 11.2. The highest BCUT2D eigenvalue weighted by Crippen LogP contribution is 2.42. The van der Waals surface area contributed by atoms with E-state index in [0.29, 0.717) is 16.6 Å². The molecule has 0 aliphatic carbocycles. The van der Waals surface area contributed by atoms with Gasteiger partial charge in [-0.25, -0.2) is 0 Å². The second-order valence-corrected chi connectivity index (χ2v) is 12.7. The average Bonchev–Trinajstić information content (AvgIpc) is 2.26. The van der Waals surface area contributed by atoms with Gasteiger partial charge >= 0.3 is 0 Å². The van der Waals surface area contributed by atoms with Gasteiger partial charge in [0, 0.05) is 6.61 Å². The number of hydrogen-bond donors (Lipinski definition) is 0. The molecule has 0 rings (SSSR count). The minimum Gasteiger partial charge on any atom is -0.416 e. The molecule has 0 amide bonds. The first-order valence-corrected chi connectivity index (χ1v) is 10.4. The van der Waals surface area contributed by atoms with E-state index < -0.39 is 8.32 Å². The maximum absolute atomic E-state index is 11.2. The molecule has 2 nitrogen and oxygen atoms in total. The second kappa shape index (κ2) is 8.57. The van der Waals surface area contributed by atoms with Gasteiger partial charge in [0.1, 0.15) is 0 Å². The molecule has 0 aromatic heterocycles. The highest BCUT2D eigenvalue weighted by molar-refractivity contribution is 14.1. The molecule has 0 aromatic rings. The minimum absolute atomic E-state index is 0.140. The van der Waals surface area contributed by atoms with Crippen LogP contribution >= 0.6 is 22.6 Å². The van der Waals surface area contributed by atoms with Crippen molar-refractivity contribution < 1.29 is 9.22 Å². The SMILES string of the molecule is CC(=O)/C(I)=C/CCO[Si](C(C)C)(C(C)C)C(C)C. The van der Waals surface area contributed by atoms with Crippen LogP contribution in [-0.2, 0) is 9.22 Å². The lowest BCUT2D eigenvalue weighted by molar-refractivity contribution is -0.112. The van der Waals surface area contributed by atoms with E-state index in [0.717, 1.165) is 16.6 Å². The third kappa shape index (κ3) is 5.31. The molecule has 0 fully saturated rings. The van der Waals surface area contributed by atoms with Crippen LogP contribution in [0.3, 0.4) is 0 Å². The van der Waals surface area contributed by atoms with Crippen LogP contribution in [0.4, 0.5) is 0 Å². The van der Waals surface area contributed by atoms with Gasteiger partial charge in [0.05, 0.1) is 3.58 Å². The number of rotatable bonds is 8. The van der Waals surface area contributed by atoms with Crippen LogP contribution in [0, 0.1) is 0 Å². The molecule has 0 aromatic carbocycles. The first-order chi connectivity index (χ1) is 8.66. The third-order valence-electron chi connectivity index (χ3n) is 3.84. The molecule has 0 N–H and O–H groups in total. The fourth-order valence-corrected chi connectivity index (χ4v) is 8.85. The van der Waals surface area contributed by atoms with Gasteiger partial charge < -0.3 is 4.43 Å². The molecule has 0 spiro atoms. The first kappa shape index (κ1) is 19.3. The molecule has 0 saturated carbocycles. The van der Waals surface area contributed by atoms with Gasteiger partial charge in [0.15, 0.2) is 14.1 Å². The van der Waals surface area contributed by atoms with Crippen molar-refractivity contribution in [3.8, 4) is 0 Å². The average molecular weight is 396 g/mol. The smallest absolute Gasteiger partial charge is 0.200 e. The summed E-state index contributed by atoms with van der Waals surface area (Å²) in [5.74, 6) is 0.140. The highest BCUT2D eigenvalue weighted by Gasteiger charge is 2.44. The zero-order chi connectivity index (χ0) is 15.2. The standard InChI is InChI=1S/C15H29IO2Si/c1-11(2)19(12(3)4,13(5)6)18-10-8-9-15(16)14(7)17/h9,11-13H,8,10H2,1-7H3/b15-9-. The van der Waals surface area contributed by atoms with Crippen molar-refractivity contribution in [1.29, 1.82) is 0 Å². The molecule has 0 atom stereocenters. The number of ketones is 1. The largest absolute Gasteiger partial charge is 0.416 e. The molecular formula is C15H29IO2Si. The Hall–Kier alpha value is 0.317. The van der Waals surface area contributed by atoms with E-state index in [4.69, 9.17) is 4.43 Å². The number of halogens is 1. The van der Waals surface area contributed by atoms with Gasteiger partial charge in [0.25, 0.3) is 0 Å². The van der Waals surface area contributed by atoms with Crippen molar-refractivity contribution in [2.75, 3.05) is 6.61 Å². The summed E-state index contributed by atoms with van der Waals surface area (Å²) in [6.07, 6.45) is 2.82. The van der Waals surface area contributed by atoms with Crippen molar-refractivity contribution in [2.45, 2.75) is 71.5 Å². The van der Waals surface area contributed by atoms with Crippen LogP contribution in [0.1, 0.15) is 54.9 Å². The maximum atomic E-state index is 11.2. The number of allylic oxidation sites excluding steroid dienone is 1. The maximum Gasteiger partial charge on any atom is 0.200 e. The Labute approximate surface area is 133 Å². The Bertz CT molecular complexity index is 300. The van der Waals surface area contributed by atoms with Crippen LogP contribution in [0.25, 0.3) is 0 Å². The molecule has 0 heterocycles. The molecular weight excluding hydrogens is 367 g/mol. The van der Waals surface area contributed by atoms with Gasteiger partial charge in [-0.3, -0.25) is 4.79 Å². The molecule has 0 unspecified atom stereocenters. The van der Waals surface area contributed by atoms with Gasteiger partial charge in [0.2, 0.25) is 0 Å². The number of carbonyl (C=O) groups is 1. The van der Waals surface area contributed by atoms with Gasteiger partial charge in [-0.05, 0) is 52.6 Å². The summed E-state index contributed by atoms with van der Waals surface area (Å²) in [7, 11) is -1.74. The Morgan fingerprint density at radius 1 is 1.11 bits per heavy atom. The van der Waals surface area contributed by atoms with E-state index in [1.165, 1.54) is 0 Å². The zero-order valence-corrected chi connectivity index (χ0v) is 16.6. The lowest BCUT2D eigenvalue weighted by atomic mass is 10.3. The second-order valence-electron chi connectivity index (χ2n) is 6.06. The summed E-state index contributed by atoms with van der Waals surface area (Å²) < 4.78 is 7.24. The lowest BCUT2D eigenvalue weighted by Gasteiger charge is -2.42. The van der Waals surface area contributed by atoms with E-state index in [2.05, 4.69) is 64.1 Å². The lowest BCUT2D eigenvalue weighted by Crippen LogP contribution is -2.47. The summed E-state index contributed by atoms with van der Waals surface area (Å²) in [5.41, 5.74) is 1.84. The van der Waals surface area contributed by atoms with Crippen LogP contribution < -0.4 is 0 Å². The van der Waals surface area contributed by atoms with E-state index in [1.807, 2.05) is 6.08 Å². The van der Waals surface area contributed by atoms with Gasteiger partial charge in [-0.2, -0.15) is 0 Å². The van der Waals surface area contributed by atoms with E-state index in [1.54, 1.807) is 6.92 Å².